The van der Waals surface area contributed by atoms with Crippen LogP contribution in [0.3, 0.4) is 0 Å². The Bertz CT molecular complexity index is 569. The van der Waals surface area contributed by atoms with E-state index >= 15 is 0 Å². The molecule has 0 aliphatic heterocycles. The first-order valence-corrected chi connectivity index (χ1v) is 7.35. The molecular formula is C16H22N4O2. The van der Waals surface area contributed by atoms with Gasteiger partial charge in [0.15, 0.2) is 0 Å². The van der Waals surface area contributed by atoms with Crippen LogP contribution in [0.4, 0.5) is 0 Å². The maximum atomic E-state index is 11.6. The Hall–Kier alpha value is -2.18. The van der Waals surface area contributed by atoms with Gasteiger partial charge < -0.3 is 15.4 Å². The Balaban J connectivity index is 1.69. The number of amides is 1. The van der Waals surface area contributed by atoms with Crippen LogP contribution in [0.2, 0.25) is 0 Å². The lowest BCUT2D eigenvalue weighted by Gasteiger charge is -2.05. The fourth-order valence-electron chi connectivity index (χ4n) is 2.00. The molecule has 0 aliphatic rings. The van der Waals surface area contributed by atoms with Crippen molar-refractivity contribution < 1.29 is 9.53 Å². The Morgan fingerprint density at radius 3 is 2.86 bits per heavy atom. The van der Waals surface area contributed by atoms with E-state index in [-0.39, 0.29) is 5.91 Å². The van der Waals surface area contributed by atoms with Crippen LogP contribution in [-0.4, -0.2) is 49.0 Å². The van der Waals surface area contributed by atoms with Crippen LogP contribution in [0.25, 0.3) is 5.69 Å². The van der Waals surface area contributed by atoms with Gasteiger partial charge in [-0.3, -0.25) is 4.79 Å². The van der Waals surface area contributed by atoms with Crippen LogP contribution < -0.4 is 10.6 Å². The predicted octanol–water partition coefficient (Wildman–Crippen LogP) is 0.767. The van der Waals surface area contributed by atoms with E-state index in [0.29, 0.717) is 26.2 Å². The number of hydrogen-bond donors (Lipinski definition) is 2. The molecule has 1 heterocycles. The van der Waals surface area contributed by atoms with E-state index in [1.165, 1.54) is 0 Å². The molecule has 6 heteroatoms. The van der Waals surface area contributed by atoms with E-state index in [0.717, 1.165) is 17.7 Å². The first-order chi connectivity index (χ1) is 10.8. The van der Waals surface area contributed by atoms with Gasteiger partial charge in [-0.2, -0.15) is 5.10 Å². The molecule has 0 radical (unpaired) electrons. The largest absolute Gasteiger partial charge is 0.383 e. The van der Waals surface area contributed by atoms with Crippen molar-refractivity contribution in [1.29, 1.82) is 0 Å². The van der Waals surface area contributed by atoms with E-state index in [4.69, 9.17) is 4.74 Å². The molecule has 2 rings (SSSR count). The molecular weight excluding hydrogens is 280 g/mol. The van der Waals surface area contributed by atoms with Crippen LogP contribution in [-0.2, 0) is 16.0 Å². The molecule has 1 amide bonds. The third-order valence-corrected chi connectivity index (χ3v) is 3.16. The van der Waals surface area contributed by atoms with E-state index in [2.05, 4.69) is 15.7 Å². The van der Waals surface area contributed by atoms with Gasteiger partial charge in [-0.05, 0) is 24.1 Å². The van der Waals surface area contributed by atoms with Crippen molar-refractivity contribution in [2.24, 2.45) is 0 Å². The number of carbonyl (C=O) groups is 1. The van der Waals surface area contributed by atoms with E-state index in [1.807, 2.05) is 47.4 Å². The van der Waals surface area contributed by atoms with E-state index in [9.17, 15) is 4.79 Å². The van der Waals surface area contributed by atoms with Crippen LogP contribution in [0, 0.1) is 0 Å². The van der Waals surface area contributed by atoms with E-state index < -0.39 is 0 Å². The molecule has 0 atom stereocenters. The van der Waals surface area contributed by atoms with Crippen molar-refractivity contribution in [3.05, 3.63) is 48.3 Å². The van der Waals surface area contributed by atoms with Crippen molar-refractivity contribution in [1.82, 2.24) is 20.4 Å². The van der Waals surface area contributed by atoms with Crippen molar-refractivity contribution in [3.8, 4) is 5.69 Å². The van der Waals surface area contributed by atoms with Gasteiger partial charge in [-0.25, -0.2) is 4.68 Å². The minimum atomic E-state index is -0.00782. The lowest BCUT2D eigenvalue weighted by molar-refractivity contribution is -0.120. The average molecular weight is 302 g/mol. The summed E-state index contributed by atoms with van der Waals surface area (Å²) in [6.45, 7) is 2.19. The van der Waals surface area contributed by atoms with Crippen molar-refractivity contribution in [2.75, 3.05) is 33.4 Å². The first kappa shape index (κ1) is 16.2. The normalized spacial score (nSPS) is 10.6. The van der Waals surface area contributed by atoms with Crippen molar-refractivity contribution in [2.45, 2.75) is 6.42 Å². The molecule has 1 aromatic carbocycles. The molecule has 0 saturated heterocycles. The fourth-order valence-corrected chi connectivity index (χ4v) is 2.00. The zero-order chi connectivity index (χ0) is 15.6. The van der Waals surface area contributed by atoms with Crippen LogP contribution in [0.5, 0.6) is 0 Å². The standard InChI is InChI=1S/C16H22N4O2/c1-22-10-9-17-12-16(21)18-8-7-14-11-19-20(13-14)15-5-3-2-4-6-15/h2-6,11,13,17H,7-10,12H2,1H3,(H,18,21). The zero-order valence-electron chi connectivity index (χ0n) is 12.8. The van der Waals surface area contributed by atoms with Gasteiger partial charge in [-0.15, -0.1) is 0 Å². The van der Waals surface area contributed by atoms with E-state index in [1.54, 1.807) is 7.11 Å². The van der Waals surface area contributed by atoms with Crippen molar-refractivity contribution >= 4 is 5.91 Å². The molecule has 1 aromatic heterocycles. The summed E-state index contributed by atoms with van der Waals surface area (Å²) < 4.78 is 6.73. The number of nitrogens with one attached hydrogen (secondary N) is 2. The number of para-hydroxylation sites is 1. The lowest BCUT2D eigenvalue weighted by atomic mass is 10.2. The van der Waals surface area contributed by atoms with Gasteiger partial charge in [0.25, 0.3) is 0 Å². The van der Waals surface area contributed by atoms with Crippen LogP contribution in [0.15, 0.2) is 42.7 Å². The lowest BCUT2D eigenvalue weighted by Crippen LogP contribution is -2.36. The molecule has 0 unspecified atom stereocenters. The summed E-state index contributed by atoms with van der Waals surface area (Å²) >= 11 is 0. The predicted molar refractivity (Wildman–Crippen MR) is 85.0 cm³/mol. The average Bonchev–Trinajstić information content (AvgIpc) is 3.01. The van der Waals surface area contributed by atoms with Crippen LogP contribution >= 0.6 is 0 Å². The fraction of sp³-hybridized carbons (Fsp3) is 0.375. The number of rotatable bonds is 9. The summed E-state index contributed by atoms with van der Waals surface area (Å²) in [7, 11) is 1.64. The topological polar surface area (TPSA) is 68.2 Å². The van der Waals surface area contributed by atoms with Crippen LogP contribution in [0.1, 0.15) is 5.56 Å². The number of nitrogens with zero attached hydrogens (tertiary/aromatic N) is 2. The number of aromatic nitrogens is 2. The third-order valence-electron chi connectivity index (χ3n) is 3.16. The molecule has 0 bridgehead atoms. The third kappa shape index (κ3) is 5.31. The maximum Gasteiger partial charge on any atom is 0.233 e. The Kier molecular flexibility index (Phi) is 6.60. The summed E-state index contributed by atoms with van der Waals surface area (Å²) in [5, 5.41) is 10.2. The second-order valence-electron chi connectivity index (χ2n) is 4.90. The number of carbonyl (C=O) groups excluding carboxylic acids is 1. The highest BCUT2D eigenvalue weighted by atomic mass is 16.5. The maximum absolute atomic E-state index is 11.6. The Morgan fingerprint density at radius 2 is 2.09 bits per heavy atom. The highest BCUT2D eigenvalue weighted by Crippen LogP contribution is 2.07. The highest BCUT2D eigenvalue weighted by Gasteiger charge is 2.03. The Morgan fingerprint density at radius 1 is 1.27 bits per heavy atom. The summed E-state index contributed by atoms with van der Waals surface area (Å²) in [5.41, 5.74) is 2.12. The monoisotopic (exact) mass is 302 g/mol. The second kappa shape index (κ2) is 8.96. The second-order valence-corrected chi connectivity index (χ2v) is 4.90. The molecule has 2 N–H and O–H groups in total. The minimum Gasteiger partial charge on any atom is -0.383 e. The van der Waals surface area contributed by atoms with Gasteiger partial charge in [0.2, 0.25) is 5.91 Å². The molecule has 6 nitrogen and oxygen atoms in total. The number of hydrogen-bond acceptors (Lipinski definition) is 4. The molecule has 0 saturated carbocycles. The van der Waals surface area contributed by atoms with Gasteiger partial charge in [-0.1, -0.05) is 18.2 Å². The quantitative estimate of drug-likeness (QED) is 0.671. The molecule has 118 valence electrons. The molecule has 22 heavy (non-hydrogen) atoms. The van der Waals surface area contributed by atoms with Gasteiger partial charge in [0.05, 0.1) is 25.0 Å². The molecule has 0 spiro atoms. The highest BCUT2D eigenvalue weighted by molar-refractivity contribution is 5.77. The van der Waals surface area contributed by atoms with Crippen molar-refractivity contribution in [3.63, 3.8) is 0 Å². The summed E-state index contributed by atoms with van der Waals surface area (Å²) in [6.07, 6.45) is 4.57. The first-order valence-electron chi connectivity index (χ1n) is 7.35. The summed E-state index contributed by atoms with van der Waals surface area (Å²) in [5.74, 6) is -0.00782. The SMILES string of the molecule is COCCNCC(=O)NCCc1cnn(-c2ccccc2)c1. The smallest absolute Gasteiger partial charge is 0.233 e. The number of ether oxygens (including phenoxy) is 1. The minimum absolute atomic E-state index is 0.00782. The molecule has 0 aliphatic carbocycles. The van der Waals surface area contributed by atoms with Gasteiger partial charge in [0, 0.05) is 26.4 Å². The molecule has 0 fully saturated rings. The van der Waals surface area contributed by atoms with Gasteiger partial charge >= 0.3 is 0 Å². The van der Waals surface area contributed by atoms with Gasteiger partial charge in [0.1, 0.15) is 0 Å². The number of methoxy groups -OCH3 is 1. The zero-order valence-corrected chi connectivity index (χ0v) is 12.8. The molecule has 2 aromatic rings. The number of benzene rings is 1. The summed E-state index contributed by atoms with van der Waals surface area (Å²) in [4.78, 5) is 11.6. The Labute approximate surface area is 130 Å². The summed E-state index contributed by atoms with van der Waals surface area (Å²) in [6, 6.07) is 9.94.